The fourth-order valence-corrected chi connectivity index (χ4v) is 3.28. The number of likely N-dealkylation sites (N-methyl/N-ethyl adjacent to an activating group) is 1. The zero-order chi connectivity index (χ0) is 19.2. The molecule has 0 amide bonds. The summed E-state index contributed by atoms with van der Waals surface area (Å²) in [6.07, 6.45) is 3.06. The van der Waals surface area contributed by atoms with Gasteiger partial charge < -0.3 is 25.8 Å². The maximum Gasteiger partial charge on any atom is 0.164 e. The number of rotatable bonds is 7. The molecule has 0 aliphatic carbocycles. The summed E-state index contributed by atoms with van der Waals surface area (Å²) >= 11 is 0. The second-order valence-electron chi connectivity index (χ2n) is 6.98. The van der Waals surface area contributed by atoms with E-state index in [2.05, 4.69) is 15.2 Å². The molecule has 7 heteroatoms. The van der Waals surface area contributed by atoms with Crippen LogP contribution in [-0.4, -0.2) is 54.5 Å². The first kappa shape index (κ1) is 19.4. The smallest absolute Gasteiger partial charge is 0.164 e. The van der Waals surface area contributed by atoms with Crippen molar-refractivity contribution in [3.63, 3.8) is 0 Å². The number of hydrogen-bond acceptors (Lipinski definition) is 7. The van der Waals surface area contributed by atoms with Crippen molar-refractivity contribution in [2.45, 2.75) is 32.3 Å². The average molecular weight is 371 g/mol. The third-order valence-corrected chi connectivity index (χ3v) is 4.79. The van der Waals surface area contributed by atoms with E-state index in [-0.39, 0.29) is 6.61 Å². The number of nitrogens with one attached hydrogen (secondary N) is 1. The highest BCUT2D eigenvalue weighted by atomic mass is 16.5. The monoisotopic (exact) mass is 371 g/mol. The van der Waals surface area contributed by atoms with E-state index in [1.807, 2.05) is 31.2 Å². The van der Waals surface area contributed by atoms with Gasteiger partial charge in [0, 0.05) is 30.8 Å². The Labute approximate surface area is 160 Å². The summed E-state index contributed by atoms with van der Waals surface area (Å²) in [5.74, 6) is 2.70. The van der Waals surface area contributed by atoms with Gasteiger partial charge in [0.05, 0.1) is 0 Å². The van der Waals surface area contributed by atoms with E-state index in [1.165, 1.54) is 19.3 Å². The van der Waals surface area contributed by atoms with Crippen molar-refractivity contribution in [3.05, 3.63) is 29.8 Å². The molecule has 0 bridgehead atoms. The zero-order valence-corrected chi connectivity index (χ0v) is 16.1. The van der Waals surface area contributed by atoms with Gasteiger partial charge in [0.2, 0.25) is 0 Å². The van der Waals surface area contributed by atoms with Crippen LogP contribution in [0.2, 0.25) is 0 Å². The Morgan fingerprint density at radius 3 is 2.78 bits per heavy atom. The molecule has 1 saturated heterocycles. The van der Waals surface area contributed by atoms with E-state index in [9.17, 15) is 5.11 Å². The van der Waals surface area contributed by atoms with Crippen molar-refractivity contribution >= 4 is 11.6 Å². The van der Waals surface area contributed by atoms with Crippen LogP contribution in [0.5, 0.6) is 5.75 Å². The number of anilines is 2. The number of aliphatic hydroxyl groups is 1. The van der Waals surface area contributed by atoms with Gasteiger partial charge in [-0.1, -0.05) is 12.1 Å². The third-order valence-electron chi connectivity index (χ3n) is 4.79. The van der Waals surface area contributed by atoms with E-state index < -0.39 is 6.10 Å². The average Bonchev–Trinajstić information content (AvgIpc) is 2.69. The first-order valence-corrected chi connectivity index (χ1v) is 9.53. The zero-order valence-electron chi connectivity index (χ0n) is 16.1. The summed E-state index contributed by atoms with van der Waals surface area (Å²) in [6.45, 7) is 4.69. The SMILES string of the molecule is CNCC(O)COc1cccc(-c2nc(N)c(C)c(N3CCCCC3)n2)c1. The molecule has 1 atom stereocenters. The van der Waals surface area contributed by atoms with Gasteiger partial charge in [-0.05, 0) is 45.4 Å². The van der Waals surface area contributed by atoms with Crippen LogP contribution in [-0.2, 0) is 0 Å². The largest absolute Gasteiger partial charge is 0.491 e. The Morgan fingerprint density at radius 2 is 2.04 bits per heavy atom. The highest BCUT2D eigenvalue weighted by Gasteiger charge is 2.18. The van der Waals surface area contributed by atoms with Gasteiger partial charge in [0.15, 0.2) is 5.82 Å². The molecule has 1 aliphatic heterocycles. The molecule has 7 nitrogen and oxygen atoms in total. The first-order valence-electron chi connectivity index (χ1n) is 9.53. The van der Waals surface area contributed by atoms with Crippen molar-refractivity contribution in [1.82, 2.24) is 15.3 Å². The van der Waals surface area contributed by atoms with Crippen molar-refractivity contribution < 1.29 is 9.84 Å². The van der Waals surface area contributed by atoms with Crippen LogP contribution >= 0.6 is 0 Å². The normalized spacial score (nSPS) is 15.6. The number of hydrogen-bond donors (Lipinski definition) is 3. The van der Waals surface area contributed by atoms with E-state index >= 15 is 0 Å². The van der Waals surface area contributed by atoms with Gasteiger partial charge >= 0.3 is 0 Å². The van der Waals surface area contributed by atoms with Crippen molar-refractivity contribution in [1.29, 1.82) is 0 Å². The number of aliphatic hydroxyl groups excluding tert-OH is 1. The van der Waals surface area contributed by atoms with E-state index in [0.717, 1.165) is 30.0 Å². The van der Waals surface area contributed by atoms with Crippen LogP contribution in [0.1, 0.15) is 24.8 Å². The molecule has 0 saturated carbocycles. The molecule has 2 heterocycles. The molecular weight excluding hydrogens is 342 g/mol. The number of nitrogens with zero attached hydrogens (tertiary/aromatic N) is 3. The van der Waals surface area contributed by atoms with E-state index in [4.69, 9.17) is 15.5 Å². The highest BCUT2D eigenvalue weighted by molar-refractivity contribution is 5.66. The predicted octanol–water partition coefficient (Wildman–Crippen LogP) is 1.98. The standard InChI is InChI=1S/C20H29N5O2/c1-14-18(21)23-19(24-20(14)25-9-4-3-5-10-25)15-7-6-8-17(11-15)27-13-16(26)12-22-2/h6-8,11,16,22,26H,3-5,9-10,12-13H2,1-2H3,(H2,21,23,24). The molecule has 27 heavy (non-hydrogen) atoms. The lowest BCUT2D eigenvalue weighted by atomic mass is 10.1. The first-order chi connectivity index (χ1) is 13.1. The Balaban J connectivity index is 1.83. The Morgan fingerprint density at radius 1 is 1.26 bits per heavy atom. The molecule has 3 rings (SSSR count). The summed E-state index contributed by atoms with van der Waals surface area (Å²) in [7, 11) is 1.79. The van der Waals surface area contributed by atoms with Crippen LogP contribution in [0.15, 0.2) is 24.3 Å². The van der Waals surface area contributed by atoms with E-state index in [0.29, 0.717) is 23.9 Å². The quantitative estimate of drug-likeness (QED) is 0.685. The molecule has 0 spiro atoms. The summed E-state index contributed by atoms with van der Waals surface area (Å²) in [6, 6.07) is 7.59. The molecule has 146 valence electrons. The van der Waals surface area contributed by atoms with Gasteiger partial charge in [-0.25, -0.2) is 9.97 Å². The summed E-state index contributed by atoms with van der Waals surface area (Å²) in [4.78, 5) is 11.6. The van der Waals surface area contributed by atoms with Gasteiger partial charge in [-0.3, -0.25) is 0 Å². The van der Waals surface area contributed by atoms with Crippen LogP contribution in [0.25, 0.3) is 11.4 Å². The highest BCUT2D eigenvalue weighted by Crippen LogP contribution is 2.29. The van der Waals surface area contributed by atoms with E-state index in [1.54, 1.807) is 7.05 Å². The topological polar surface area (TPSA) is 96.5 Å². The van der Waals surface area contributed by atoms with Crippen LogP contribution in [0, 0.1) is 6.92 Å². The minimum atomic E-state index is -0.560. The maximum absolute atomic E-state index is 9.81. The summed E-state index contributed by atoms with van der Waals surface area (Å²) < 4.78 is 5.70. The molecular formula is C20H29N5O2. The number of piperidine rings is 1. The molecule has 1 aliphatic rings. The Bertz CT molecular complexity index is 762. The second kappa shape index (κ2) is 9.01. The summed E-state index contributed by atoms with van der Waals surface area (Å²) in [5, 5.41) is 12.7. The number of aromatic nitrogens is 2. The van der Waals surface area contributed by atoms with Gasteiger partial charge in [0.25, 0.3) is 0 Å². The molecule has 0 radical (unpaired) electrons. The molecule has 1 aromatic heterocycles. The molecule has 1 fully saturated rings. The molecule has 2 aromatic rings. The fourth-order valence-electron chi connectivity index (χ4n) is 3.28. The number of nitrogen functional groups attached to an aromatic ring is 1. The number of ether oxygens (including phenoxy) is 1. The third kappa shape index (κ3) is 4.87. The van der Waals surface area contributed by atoms with Crippen LogP contribution < -0.4 is 20.7 Å². The van der Waals surface area contributed by atoms with Crippen LogP contribution in [0.4, 0.5) is 11.6 Å². The number of nitrogens with two attached hydrogens (primary N) is 1. The maximum atomic E-state index is 9.81. The molecule has 1 aromatic carbocycles. The lowest BCUT2D eigenvalue weighted by Gasteiger charge is -2.29. The van der Waals surface area contributed by atoms with Crippen molar-refractivity contribution in [2.24, 2.45) is 0 Å². The van der Waals surface area contributed by atoms with Crippen LogP contribution in [0.3, 0.4) is 0 Å². The number of benzene rings is 1. The Hall–Kier alpha value is -2.38. The Kier molecular flexibility index (Phi) is 6.47. The molecule has 1 unspecified atom stereocenters. The van der Waals surface area contributed by atoms with Gasteiger partial charge in [-0.2, -0.15) is 0 Å². The molecule has 4 N–H and O–H groups in total. The lowest BCUT2D eigenvalue weighted by molar-refractivity contribution is 0.108. The minimum Gasteiger partial charge on any atom is -0.491 e. The summed E-state index contributed by atoms with van der Waals surface area (Å²) in [5.41, 5.74) is 7.97. The van der Waals surface area contributed by atoms with Gasteiger partial charge in [0.1, 0.15) is 30.1 Å². The predicted molar refractivity (Wildman–Crippen MR) is 108 cm³/mol. The van der Waals surface area contributed by atoms with Gasteiger partial charge in [-0.15, -0.1) is 0 Å². The fraction of sp³-hybridized carbons (Fsp3) is 0.500. The second-order valence-corrected chi connectivity index (χ2v) is 6.98. The minimum absolute atomic E-state index is 0.222. The van der Waals surface area contributed by atoms with Crippen molar-refractivity contribution in [3.8, 4) is 17.1 Å². The lowest BCUT2D eigenvalue weighted by Crippen LogP contribution is -2.31. The van der Waals surface area contributed by atoms with Crippen molar-refractivity contribution in [2.75, 3.05) is 43.9 Å².